The largest absolute Gasteiger partial charge is 0.316 e. The lowest BCUT2D eigenvalue weighted by molar-refractivity contribution is 0.473. The van der Waals surface area contributed by atoms with Gasteiger partial charge >= 0.3 is 0 Å². The third kappa shape index (κ3) is 2.40. The quantitative estimate of drug-likeness (QED) is 0.796. The summed E-state index contributed by atoms with van der Waals surface area (Å²) in [6.45, 7) is 6.80. The van der Waals surface area contributed by atoms with Gasteiger partial charge in [-0.2, -0.15) is 0 Å². The molecule has 1 fully saturated rings. The molecular weight excluding hydrogens is 182 g/mol. The third-order valence-electron chi connectivity index (χ3n) is 3.50. The molecule has 0 spiro atoms. The average Bonchev–Trinajstić information content (AvgIpc) is 2.68. The minimum atomic E-state index is 0.741. The Balaban J connectivity index is 2.11. The van der Waals surface area contributed by atoms with Gasteiger partial charge < -0.3 is 5.32 Å². The van der Waals surface area contributed by atoms with Crippen molar-refractivity contribution in [2.45, 2.75) is 32.6 Å². The number of hydrogen-bond donors (Lipinski definition) is 1. The lowest BCUT2D eigenvalue weighted by atomic mass is 9.86. The van der Waals surface area contributed by atoms with Gasteiger partial charge in [-0.3, -0.25) is 0 Å². The molecule has 0 bridgehead atoms. The van der Waals surface area contributed by atoms with Crippen LogP contribution in [-0.4, -0.2) is 13.1 Å². The topological polar surface area (TPSA) is 12.0 Å². The Kier molecular flexibility index (Phi) is 3.42. The molecule has 0 aliphatic carbocycles. The first-order valence-electron chi connectivity index (χ1n) is 6.08. The van der Waals surface area contributed by atoms with E-state index in [1.54, 1.807) is 0 Å². The first kappa shape index (κ1) is 10.7. The second-order valence-corrected chi connectivity index (χ2v) is 4.72. The van der Waals surface area contributed by atoms with Gasteiger partial charge in [0.05, 0.1) is 0 Å². The van der Waals surface area contributed by atoms with Gasteiger partial charge in [-0.25, -0.2) is 0 Å². The van der Waals surface area contributed by atoms with E-state index in [4.69, 9.17) is 0 Å². The van der Waals surface area contributed by atoms with Crippen LogP contribution >= 0.6 is 0 Å². The van der Waals surface area contributed by atoms with Crippen molar-refractivity contribution in [1.29, 1.82) is 0 Å². The summed E-state index contributed by atoms with van der Waals surface area (Å²) >= 11 is 0. The summed E-state index contributed by atoms with van der Waals surface area (Å²) in [5.74, 6) is 1.59. The van der Waals surface area contributed by atoms with Gasteiger partial charge in [0, 0.05) is 12.5 Å². The molecule has 1 nitrogen and oxygen atoms in total. The zero-order valence-electron chi connectivity index (χ0n) is 9.79. The number of rotatable bonds is 3. The summed E-state index contributed by atoms with van der Waals surface area (Å²) in [5.41, 5.74) is 2.88. The Morgan fingerprint density at radius 2 is 1.93 bits per heavy atom. The minimum absolute atomic E-state index is 0.741. The van der Waals surface area contributed by atoms with Crippen molar-refractivity contribution in [3.8, 4) is 0 Å². The summed E-state index contributed by atoms with van der Waals surface area (Å²) in [7, 11) is 0. The number of benzene rings is 1. The van der Waals surface area contributed by atoms with E-state index < -0.39 is 0 Å². The highest BCUT2D eigenvalue weighted by Crippen LogP contribution is 2.31. The van der Waals surface area contributed by atoms with Crippen LogP contribution in [0.15, 0.2) is 24.3 Å². The number of aryl methyl sites for hydroxylation is 1. The predicted octanol–water partition coefficient (Wildman–Crippen LogP) is 3.10. The molecule has 1 aromatic carbocycles. The van der Waals surface area contributed by atoms with Gasteiger partial charge in [0.2, 0.25) is 0 Å². The van der Waals surface area contributed by atoms with E-state index in [1.165, 1.54) is 30.5 Å². The highest BCUT2D eigenvalue weighted by Gasteiger charge is 2.27. The normalized spacial score (nSPS) is 25.7. The molecule has 1 heteroatoms. The van der Waals surface area contributed by atoms with Crippen LogP contribution in [0.1, 0.15) is 36.8 Å². The van der Waals surface area contributed by atoms with Gasteiger partial charge in [-0.15, -0.1) is 0 Å². The Hall–Kier alpha value is -0.820. The van der Waals surface area contributed by atoms with Gasteiger partial charge in [0.25, 0.3) is 0 Å². The third-order valence-corrected chi connectivity index (χ3v) is 3.50. The van der Waals surface area contributed by atoms with E-state index in [-0.39, 0.29) is 0 Å². The van der Waals surface area contributed by atoms with Crippen LogP contribution in [0.2, 0.25) is 0 Å². The summed E-state index contributed by atoms with van der Waals surface area (Å²) in [4.78, 5) is 0. The van der Waals surface area contributed by atoms with Gasteiger partial charge in [0.15, 0.2) is 0 Å². The van der Waals surface area contributed by atoms with Gasteiger partial charge in [-0.1, -0.05) is 43.2 Å². The highest BCUT2D eigenvalue weighted by atomic mass is 14.9. The Labute approximate surface area is 92.9 Å². The monoisotopic (exact) mass is 203 g/mol. The smallest absolute Gasteiger partial charge is 0.00234 e. The maximum atomic E-state index is 3.52. The highest BCUT2D eigenvalue weighted by molar-refractivity contribution is 5.26. The van der Waals surface area contributed by atoms with Crippen LogP contribution < -0.4 is 5.32 Å². The van der Waals surface area contributed by atoms with E-state index in [1.807, 2.05) is 0 Å². The molecule has 2 rings (SSSR count). The zero-order chi connectivity index (χ0) is 10.7. The van der Waals surface area contributed by atoms with E-state index in [2.05, 4.69) is 43.4 Å². The summed E-state index contributed by atoms with van der Waals surface area (Å²) in [6.07, 6.45) is 2.65. The molecule has 2 atom stereocenters. The average molecular weight is 203 g/mol. The molecule has 0 saturated carbocycles. The minimum Gasteiger partial charge on any atom is -0.316 e. The van der Waals surface area contributed by atoms with E-state index in [9.17, 15) is 0 Å². The molecule has 0 aromatic heterocycles. The van der Waals surface area contributed by atoms with Crippen LogP contribution in [0.25, 0.3) is 0 Å². The van der Waals surface area contributed by atoms with Crippen molar-refractivity contribution in [2.75, 3.05) is 13.1 Å². The van der Waals surface area contributed by atoms with Crippen LogP contribution in [0.5, 0.6) is 0 Å². The molecule has 82 valence electrons. The summed E-state index contributed by atoms with van der Waals surface area (Å²) in [6, 6.07) is 9.07. The van der Waals surface area contributed by atoms with Gasteiger partial charge in [0.1, 0.15) is 0 Å². The second-order valence-electron chi connectivity index (χ2n) is 4.72. The lowest BCUT2D eigenvalue weighted by Crippen LogP contribution is -2.10. The molecule has 1 saturated heterocycles. The van der Waals surface area contributed by atoms with Crippen LogP contribution in [-0.2, 0) is 0 Å². The van der Waals surface area contributed by atoms with Crippen molar-refractivity contribution in [3.63, 3.8) is 0 Å². The zero-order valence-corrected chi connectivity index (χ0v) is 9.79. The van der Waals surface area contributed by atoms with Crippen molar-refractivity contribution in [3.05, 3.63) is 35.4 Å². The molecule has 15 heavy (non-hydrogen) atoms. The maximum absolute atomic E-state index is 3.52. The number of hydrogen-bond acceptors (Lipinski definition) is 1. The molecule has 1 heterocycles. The molecule has 0 radical (unpaired) electrons. The summed E-state index contributed by atoms with van der Waals surface area (Å²) in [5, 5.41) is 3.52. The Morgan fingerprint density at radius 3 is 2.60 bits per heavy atom. The maximum Gasteiger partial charge on any atom is 0.00234 e. The molecular formula is C14H21N. The molecule has 1 N–H and O–H groups in total. The molecule has 1 aliphatic heterocycles. The van der Waals surface area contributed by atoms with Crippen LogP contribution in [0, 0.1) is 12.8 Å². The fraction of sp³-hybridized carbons (Fsp3) is 0.571. The van der Waals surface area contributed by atoms with E-state index in [0.29, 0.717) is 0 Å². The summed E-state index contributed by atoms with van der Waals surface area (Å²) < 4.78 is 0. The van der Waals surface area contributed by atoms with Crippen molar-refractivity contribution in [2.24, 2.45) is 5.92 Å². The van der Waals surface area contributed by atoms with E-state index >= 15 is 0 Å². The Bertz CT molecular complexity index is 302. The standard InChI is InChI=1S/C14H21N/c1-3-4-13-9-15-10-14(13)12-7-5-11(2)6-8-12/h5-8,13-15H,3-4,9-10H2,1-2H3/t13-,14+/m0/s1. The van der Waals surface area contributed by atoms with Crippen LogP contribution in [0.4, 0.5) is 0 Å². The van der Waals surface area contributed by atoms with Gasteiger partial charge in [-0.05, 0) is 31.4 Å². The molecule has 0 amide bonds. The SMILES string of the molecule is CCC[C@H]1CNC[C@@H]1c1ccc(C)cc1. The fourth-order valence-electron chi connectivity index (χ4n) is 2.61. The van der Waals surface area contributed by atoms with E-state index in [0.717, 1.165) is 18.4 Å². The first-order valence-corrected chi connectivity index (χ1v) is 6.08. The second kappa shape index (κ2) is 4.80. The van der Waals surface area contributed by atoms with Crippen molar-refractivity contribution < 1.29 is 0 Å². The predicted molar refractivity (Wildman–Crippen MR) is 65.2 cm³/mol. The Morgan fingerprint density at radius 1 is 1.20 bits per heavy atom. The lowest BCUT2D eigenvalue weighted by Gasteiger charge is -2.18. The fourth-order valence-corrected chi connectivity index (χ4v) is 2.61. The van der Waals surface area contributed by atoms with Crippen molar-refractivity contribution >= 4 is 0 Å². The molecule has 0 unspecified atom stereocenters. The number of nitrogens with one attached hydrogen (secondary N) is 1. The molecule has 1 aromatic rings. The van der Waals surface area contributed by atoms with Crippen molar-refractivity contribution in [1.82, 2.24) is 5.32 Å². The van der Waals surface area contributed by atoms with Crippen LogP contribution in [0.3, 0.4) is 0 Å². The first-order chi connectivity index (χ1) is 7.31. The molecule has 1 aliphatic rings.